The molecule has 2 N–H and O–H groups in total. The molecule has 0 amide bonds. The topological polar surface area (TPSA) is 70.3 Å². The molecule has 0 spiro atoms. The number of methoxy groups -OCH3 is 1. The number of anilines is 1. The molecule has 0 aliphatic heterocycles. The Hall–Kier alpha value is -3.08. The third-order valence-electron chi connectivity index (χ3n) is 3.59. The van der Waals surface area contributed by atoms with Crippen LogP contribution in [0, 0.1) is 0 Å². The monoisotopic (exact) mass is 321 g/mol. The molecule has 0 aliphatic carbocycles. The zero-order chi connectivity index (χ0) is 16.9. The van der Waals surface area contributed by atoms with Gasteiger partial charge in [0.15, 0.2) is 0 Å². The van der Waals surface area contributed by atoms with E-state index in [0.717, 1.165) is 34.0 Å². The van der Waals surface area contributed by atoms with Gasteiger partial charge in [0, 0.05) is 11.1 Å². The third kappa shape index (κ3) is 3.30. The van der Waals surface area contributed by atoms with Crippen LogP contribution in [0.2, 0.25) is 0 Å². The van der Waals surface area contributed by atoms with Crippen LogP contribution in [0.3, 0.4) is 0 Å². The Morgan fingerprint density at radius 1 is 0.958 bits per heavy atom. The number of nitrogen functional groups attached to an aromatic ring is 1. The van der Waals surface area contributed by atoms with E-state index in [-0.39, 0.29) is 5.95 Å². The first kappa shape index (κ1) is 15.8. The summed E-state index contributed by atoms with van der Waals surface area (Å²) in [5.74, 6) is 1.80. The van der Waals surface area contributed by atoms with Crippen molar-refractivity contribution in [3.63, 3.8) is 0 Å². The van der Waals surface area contributed by atoms with E-state index < -0.39 is 0 Å². The van der Waals surface area contributed by atoms with Crippen LogP contribution in [0.5, 0.6) is 11.5 Å². The summed E-state index contributed by atoms with van der Waals surface area (Å²) < 4.78 is 10.9. The molecule has 3 rings (SSSR count). The lowest BCUT2D eigenvalue weighted by Crippen LogP contribution is -2.00. The first-order valence-corrected chi connectivity index (χ1v) is 7.72. The molecule has 0 atom stereocenters. The van der Waals surface area contributed by atoms with Gasteiger partial charge in [-0.1, -0.05) is 12.1 Å². The summed E-state index contributed by atoms with van der Waals surface area (Å²) in [6.45, 7) is 2.54. The number of nitrogens with zero attached hydrogens (tertiary/aromatic N) is 2. The molecule has 2 aromatic carbocycles. The van der Waals surface area contributed by atoms with E-state index >= 15 is 0 Å². The molecule has 122 valence electrons. The van der Waals surface area contributed by atoms with E-state index in [1.807, 2.05) is 61.5 Å². The maximum Gasteiger partial charge on any atom is 0.221 e. The Kier molecular flexibility index (Phi) is 4.61. The van der Waals surface area contributed by atoms with E-state index in [9.17, 15) is 0 Å². The lowest BCUT2D eigenvalue weighted by molar-refractivity contribution is 0.341. The van der Waals surface area contributed by atoms with E-state index in [0.29, 0.717) is 6.61 Å². The largest absolute Gasteiger partial charge is 0.497 e. The minimum Gasteiger partial charge on any atom is -0.497 e. The Morgan fingerprint density at radius 2 is 1.67 bits per heavy atom. The van der Waals surface area contributed by atoms with Crippen LogP contribution in [0.4, 0.5) is 5.95 Å². The molecule has 0 unspecified atom stereocenters. The zero-order valence-corrected chi connectivity index (χ0v) is 13.7. The van der Waals surface area contributed by atoms with Crippen LogP contribution >= 0.6 is 0 Å². The molecule has 5 heteroatoms. The van der Waals surface area contributed by atoms with Crippen molar-refractivity contribution < 1.29 is 9.47 Å². The minimum absolute atomic E-state index is 0.226. The van der Waals surface area contributed by atoms with Gasteiger partial charge in [-0.05, 0) is 49.4 Å². The van der Waals surface area contributed by atoms with Gasteiger partial charge >= 0.3 is 0 Å². The van der Waals surface area contributed by atoms with E-state index in [1.54, 1.807) is 7.11 Å². The van der Waals surface area contributed by atoms with Crippen molar-refractivity contribution in [2.24, 2.45) is 0 Å². The predicted octanol–water partition coefficient (Wildman–Crippen LogP) is 3.80. The molecule has 0 aliphatic rings. The quantitative estimate of drug-likeness (QED) is 0.774. The molecule has 0 fully saturated rings. The SMILES string of the molecule is CCOc1ccccc1-c1cc(-c2ccc(OC)cc2)nc(N)n1. The summed E-state index contributed by atoms with van der Waals surface area (Å²) in [7, 11) is 1.64. The first-order chi connectivity index (χ1) is 11.7. The summed E-state index contributed by atoms with van der Waals surface area (Å²) in [4.78, 5) is 8.71. The van der Waals surface area contributed by atoms with E-state index in [2.05, 4.69) is 9.97 Å². The number of benzene rings is 2. The molecule has 1 aromatic heterocycles. The van der Waals surface area contributed by atoms with Crippen molar-refractivity contribution >= 4 is 5.95 Å². The van der Waals surface area contributed by atoms with E-state index in [1.165, 1.54) is 0 Å². The molecule has 0 saturated heterocycles. The number of nitrogens with two attached hydrogens (primary N) is 1. The molecule has 0 bridgehead atoms. The lowest BCUT2D eigenvalue weighted by Gasteiger charge is -2.11. The molecular weight excluding hydrogens is 302 g/mol. The van der Waals surface area contributed by atoms with Crippen LogP contribution in [0.1, 0.15) is 6.92 Å². The molecule has 5 nitrogen and oxygen atoms in total. The fourth-order valence-corrected chi connectivity index (χ4v) is 2.47. The van der Waals surface area contributed by atoms with Gasteiger partial charge in [-0.25, -0.2) is 9.97 Å². The summed E-state index contributed by atoms with van der Waals surface area (Å²) in [6.07, 6.45) is 0. The van der Waals surface area contributed by atoms with Crippen LogP contribution in [0.25, 0.3) is 22.5 Å². The Morgan fingerprint density at radius 3 is 2.38 bits per heavy atom. The van der Waals surface area contributed by atoms with Crippen molar-refractivity contribution in [2.45, 2.75) is 6.92 Å². The second-order valence-corrected chi connectivity index (χ2v) is 5.15. The van der Waals surface area contributed by atoms with Gasteiger partial charge in [0.05, 0.1) is 25.1 Å². The summed E-state index contributed by atoms with van der Waals surface area (Å²) in [5, 5.41) is 0. The number of rotatable bonds is 5. The highest BCUT2D eigenvalue weighted by Crippen LogP contribution is 2.31. The van der Waals surface area contributed by atoms with Gasteiger partial charge in [0.1, 0.15) is 11.5 Å². The van der Waals surface area contributed by atoms with Crippen LogP contribution in [0.15, 0.2) is 54.6 Å². The number of para-hydroxylation sites is 1. The number of ether oxygens (including phenoxy) is 2. The molecule has 24 heavy (non-hydrogen) atoms. The fourth-order valence-electron chi connectivity index (χ4n) is 2.47. The summed E-state index contributed by atoms with van der Waals surface area (Å²) >= 11 is 0. The number of aromatic nitrogens is 2. The van der Waals surface area contributed by atoms with Crippen molar-refractivity contribution in [3.05, 3.63) is 54.6 Å². The van der Waals surface area contributed by atoms with E-state index in [4.69, 9.17) is 15.2 Å². The standard InChI is InChI=1S/C19H19N3O2/c1-3-24-18-7-5-4-6-15(18)17-12-16(21-19(20)22-17)13-8-10-14(23-2)11-9-13/h4-12H,3H2,1-2H3,(H2,20,21,22). The van der Waals surface area contributed by atoms with Gasteiger partial charge in [0.25, 0.3) is 0 Å². The molecule has 1 heterocycles. The smallest absolute Gasteiger partial charge is 0.221 e. The highest BCUT2D eigenvalue weighted by molar-refractivity contribution is 5.73. The average molecular weight is 321 g/mol. The van der Waals surface area contributed by atoms with Crippen LogP contribution in [-0.2, 0) is 0 Å². The van der Waals surface area contributed by atoms with Crippen molar-refractivity contribution in [2.75, 3.05) is 19.5 Å². The second-order valence-electron chi connectivity index (χ2n) is 5.15. The predicted molar refractivity (Wildman–Crippen MR) is 95.0 cm³/mol. The van der Waals surface area contributed by atoms with Gasteiger partial charge < -0.3 is 15.2 Å². The van der Waals surface area contributed by atoms with Gasteiger partial charge in [-0.2, -0.15) is 0 Å². The molecular formula is C19H19N3O2. The van der Waals surface area contributed by atoms with Gasteiger partial charge in [-0.3, -0.25) is 0 Å². The maximum atomic E-state index is 5.93. The van der Waals surface area contributed by atoms with Crippen LogP contribution < -0.4 is 15.2 Å². The molecule has 0 radical (unpaired) electrons. The third-order valence-corrected chi connectivity index (χ3v) is 3.59. The second kappa shape index (κ2) is 7.00. The minimum atomic E-state index is 0.226. The van der Waals surface area contributed by atoms with Gasteiger partial charge in [-0.15, -0.1) is 0 Å². The highest BCUT2D eigenvalue weighted by atomic mass is 16.5. The Labute approximate surface area is 141 Å². The Bertz CT molecular complexity index is 832. The molecule has 3 aromatic rings. The van der Waals surface area contributed by atoms with Crippen LogP contribution in [-0.4, -0.2) is 23.7 Å². The summed E-state index contributed by atoms with van der Waals surface area (Å²) in [6, 6.07) is 17.3. The normalized spacial score (nSPS) is 10.4. The number of hydrogen-bond donors (Lipinski definition) is 1. The average Bonchev–Trinajstić information content (AvgIpc) is 2.62. The van der Waals surface area contributed by atoms with Crippen molar-refractivity contribution in [1.29, 1.82) is 0 Å². The van der Waals surface area contributed by atoms with Crippen molar-refractivity contribution in [3.8, 4) is 34.0 Å². The molecule has 0 saturated carbocycles. The fraction of sp³-hybridized carbons (Fsp3) is 0.158. The maximum absolute atomic E-state index is 5.93. The van der Waals surface area contributed by atoms with Crippen molar-refractivity contribution in [1.82, 2.24) is 9.97 Å². The Balaban J connectivity index is 2.06. The van der Waals surface area contributed by atoms with Gasteiger partial charge in [0.2, 0.25) is 5.95 Å². The number of hydrogen-bond acceptors (Lipinski definition) is 5. The summed E-state index contributed by atoms with van der Waals surface area (Å²) in [5.41, 5.74) is 9.25. The zero-order valence-electron chi connectivity index (χ0n) is 13.7. The first-order valence-electron chi connectivity index (χ1n) is 7.72. The highest BCUT2D eigenvalue weighted by Gasteiger charge is 2.11. The lowest BCUT2D eigenvalue weighted by atomic mass is 10.1.